The summed E-state index contributed by atoms with van der Waals surface area (Å²) in [4.78, 5) is 25.8. The molecule has 0 unspecified atom stereocenters. The fraction of sp³-hybridized carbons (Fsp3) is 0.600. The van der Waals surface area contributed by atoms with Crippen LogP contribution < -0.4 is 4.74 Å². The average Bonchev–Trinajstić information content (AvgIpc) is 2.59. The van der Waals surface area contributed by atoms with Gasteiger partial charge >= 0.3 is 5.97 Å². The summed E-state index contributed by atoms with van der Waals surface area (Å²) in [5.74, 6) is 0.361. The van der Waals surface area contributed by atoms with Gasteiger partial charge in [0.15, 0.2) is 6.61 Å². The summed E-state index contributed by atoms with van der Waals surface area (Å²) in [7, 11) is 0. The van der Waals surface area contributed by atoms with Crippen LogP contribution in [0.5, 0.6) is 5.75 Å². The Labute approximate surface area is 151 Å². The van der Waals surface area contributed by atoms with Crippen LogP contribution in [0.1, 0.15) is 50.7 Å². The van der Waals surface area contributed by atoms with E-state index >= 15 is 0 Å². The second-order valence-electron chi connectivity index (χ2n) is 6.13. The lowest BCUT2D eigenvalue weighted by Gasteiger charge is -2.23. The molecule has 0 atom stereocenters. The highest BCUT2D eigenvalue weighted by atomic mass is 16.5. The van der Waals surface area contributed by atoms with E-state index in [1.54, 1.807) is 11.8 Å². The Morgan fingerprint density at radius 3 is 2.52 bits per heavy atom. The van der Waals surface area contributed by atoms with E-state index < -0.39 is 0 Å². The lowest BCUT2D eigenvalue weighted by Crippen LogP contribution is -2.37. The van der Waals surface area contributed by atoms with Crippen LogP contribution in [-0.2, 0) is 14.3 Å². The monoisotopic (exact) mass is 349 g/mol. The molecule has 0 saturated heterocycles. The van der Waals surface area contributed by atoms with Crippen molar-refractivity contribution >= 4 is 11.9 Å². The van der Waals surface area contributed by atoms with Crippen LogP contribution in [0.3, 0.4) is 0 Å². The van der Waals surface area contributed by atoms with Gasteiger partial charge in [-0.05, 0) is 44.4 Å². The zero-order valence-electron chi connectivity index (χ0n) is 16.0. The van der Waals surface area contributed by atoms with Gasteiger partial charge in [0.1, 0.15) is 5.75 Å². The molecular formula is C20H31NO4. The maximum absolute atomic E-state index is 12.5. The molecule has 0 fully saturated rings. The molecule has 0 spiro atoms. The van der Waals surface area contributed by atoms with Crippen LogP contribution in [-0.4, -0.2) is 43.1 Å². The molecule has 0 aromatic heterocycles. The fourth-order valence-corrected chi connectivity index (χ4v) is 2.48. The van der Waals surface area contributed by atoms with E-state index in [1.165, 1.54) is 0 Å². The standard InChI is InChI=1S/C20H31NO4/c1-5-7-8-13-21(14-12-20(23)24-6-2)19(22)15-25-18-11-9-10-16(3)17(18)4/h9-11H,5-8,12-15H2,1-4H3. The summed E-state index contributed by atoms with van der Waals surface area (Å²) in [6, 6.07) is 5.80. The van der Waals surface area contributed by atoms with Crippen molar-refractivity contribution in [1.29, 1.82) is 0 Å². The molecule has 1 aromatic rings. The lowest BCUT2D eigenvalue weighted by molar-refractivity contribution is -0.144. The molecule has 0 N–H and O–H groups in total. The predicted octanol–water partition coefficient (Wildman–Crippen LogP) is 3.65. The van der Waals surface area contributed by atoms with Crippen molar-refractivity contribution in [3.05, 3.63) is 29.3 Å². The molecule has 0 aliphatic rings. The highest BCUT2D eigenvalue weighted by Crippen LogP contribution is 2.20. The molecule has 140 valence electrons. The van der Waals surface area contributed by atoms with Gasteiger partial charge in [-0.25, -0.2) is 0 Å². The summed E-state index contributed by atoms with van der Waals surface area (Å²) in [5.41, 5.74) is 2.17. The minimum absolute atomic E-state index is 0.0146. The summed E-state index contributed by atoms with van der Waals surface area (Å²) < 4.78 is 10.7. The van der Waals surface area contributed by atoms with Crippen molar-refractivity contribution in [3.8, 4) is 5.75 Å². The highest BCUT2D eigenvalue weighted by Gasteiger charge is 2.16. The van der Waals surface area contributed by atoms with Crippen molar-refractivity contribution < 1.29 is 19.1 Å². The van der Waals surface area contributed by atoms with E-state index in [0.29, 0.717) is 19.7 Å². The Hall–Kier alpha value is -2.04. The Morgan fingerprint density at radius 2 is 1.84 bits per heavy atom. The molecule has 1 aromatic carbocycles. The van der Waals surface area contributed by atoms with E-state index in [4.69, 9.17) is 9.47 Å². The molecule has 0 heterocycles. The van der Waals surface area contributed by atoms with Crippen LogP contribution in [0.25, 0.3) is 0 Å². The Morgan fingerprint density at radius 1 is 1.08 bits per heavy atom. The molecule has 0 aliphatic heterocycles. The SMILES string of the molecule is CCCCCN(CCC(=O)OCC)C(=O)COc1cccc(C)c1C. The third-order valence-corrected chi connectivity index (χ3v) is 4.18. The Kier molecular flexibility index (Phi) is 9.66. The zero-order chi connectivity index (χ0) is 18.7. The van der Waals surface area contributed by atoms with Crippen molar-refractivity contribution in [2.45, 2.75) is 53.4 Å². The topological polar surface area (TPSA) is 55.8 Å². The van der Waals surface area contributed by atoms with Gasteiger partial charge in [0.2, 0.25) is 0 Å². The maximum atomic E-state index is 12.5. The number of rotatable bonds is 11. The number of hydrogen-bond acceptors (Lipinski definition) is 4. The number of unbranched alkanes of at least 4 members (excludes halogenated alkanes) is 2. The van der Waals surface area contributed by atoms with Gasteiger partial charge in [-0.15, -0.1) is 0 Å². The average molecular weight is 349 g/mol. The molecule has 0 radical (unpaired) electrons. The first kappa shape index (κ1) is 21.0. The first-order valence-electron chi connectivity index (χ1n) is 9.12. The van der Waals surface area contributed by atoms with Crippen LogP contribution >= 0.6 is 0 Å². The molecule has 1 rings (SSSR count). The van der Waals surface area contributed by atoms with Gasteiger partial charge in [0, 0.05) is 13.1 Å². The third kappa shape index (κ3) is 7.59. The summed E-state index contributed by atoms with van der Waals surface area (Å²) in [6.07, 6.45) is 3.28. The van der Waals surface area contributed by atoms with Gasteiger partial charge in [-0.1, -0.05) is 31.9 Å². The second kappa shape index (κ2) is 11.5. The smallest absolute Gasteiger partial charge is 0.307 e. The Bertz CT molecular complexity index is 557. The summed E-state index contributed by atoms with van der Waals surface area (Å²) >= 11 is 0. The normalized spacial score (nSPS) is 10.4. The number of ether oxygens (including phenoxy) is 2. The van der Waals surface area contributed by atoms with Gasteiger partial charge in [-0.2, -0.15) is 0 Å². The largest absolute Gasteiger partial charge is 0.483 e. The molecule has 0 aliphatic carbocycles. The number of benzene rings is 1. The van der Waals surface area contributed by atoms with E-state index in [9.17, 15) is 9.59 Å². The van der Waals surface area contributed by atoms with E-state index in [2.05, 4.69) is 6.92 Å². The second-order valence-corrected chi connectivity index (χ2v) is 6.13. The first-order valence-corrected chi connectivity index (χ1v) is 9.12. The van der Waals surface area contributed by atoms with Crippen molar-refractivity contribution in [3.63, 3.8) is 0 Å². The van der Waals surface area contributed by atoms with Gasteiger partial charge < -0.3 is 14.4 Å². The van der Waals surface area contributed by atoms with Gasteiger partial charge in [0.05, 0.1) is 13.0 Å². The first-order chi connectivity index (χ1) is 12.0. The van der Waals surface area contributed by atoms with Crippen LogP contribution in [0.4, 0.5) is 0 Å². The van der Waals surface area contributed by atoms with Crippen molar-refractivity contribution in [1.82, 2.24) is 4.90 Å². The molecule has 25 heavy (non-hydrogen) atoms. The predicted molar refractivity (Wildman–Crippen MR) is 98.8 cm³/mol. The highest BCUT2D eigenvalue weighted by molar-refractivity contribution is 5.78. The van der Waals surface area contributed by atoms with Crippen molar-refractivity contribution in [2.24, 2.45) is 0 Å². The minimum Gasteiger partial charge on any atom is -0.483 e. The molecule has 5 nitrogen and oxygen atoms in total. The summed E-state index contributed by atoms with van der Waals surface area (Å²) in [6.45, 7) is 9.25. The minimum atomic E-state index is -0.272. The Balaban J connectivity index is 2.60. The molecule has 1 amide bonds. The molecule has 0 saturated carbocycles. The van der Waals surface area contributed by atoms with Crippen LogP contribution in [0, 0.1) is 13.8 Å². The number of amides is 1. The number of esters is 1. The van der Waals surface area contributed by atoms with E-state index in [0.717, 1.165) is 36.1 Å². The maximum Gasteiger partial charge on any atom is 0.307 e. The lowest BCUT2D eigenvalue weighted by atomic mass is 10.1. The van der Waals surface area contributed by atoms with Crippen LogP contribution in [0.2, 0.25) is 0 Å². The zero-order valence-corrected chi connectivity index (χ0v) is 16.0. The quantitative estimate of drug-likeness (QED) is 0.452. The molecular weight excluding hydrogens is 318 g/mol. The fourth-order valence-electron chi connectivity index (χ4n) is 2.48. The number of hydrogen-bond donors (Lipinski definition) is 0. The number of nitrogens with zero attached hydrogens (tertiary/aromatic N) is 1. The number of aryl methyl sites for hydroxylation is 1. The molecule has 5 heteroatoms. The van der Waals surface area contributed by atoms with Crippen molar-refractivity contribution in [2.75, 3.05) is 26.3 Å². The van der Waals surface area contributed by atoms with Crippen LogP contribution in [0.15, 0.2) is 18.2 Å². The molecule has 0 bridgehead atoms. The summed E-state index contributed by atoms with van der Waals surface area (Å²) in [5, 5.41) is 0. The van der Waals surface area contributed by atoms with Gasteiger partial charge in [0.25, 0.3) is 5.91 Å². The number of carbonyl (C=O) groups is 2. The van der Waals surface area contributed by atoms with E-state index in [-0.39, 0.29) is 24.9 Å². The third-order valence-electron chi connectivity index (χ3n) is 4.18. The number of carbonyl (C=O) groups excluding carboxylic acids is 2. The van der Waals surface area contributed by atoms with E-state index in [1.807, 2.05) is 32.0 Å². The van der Waals surface area contributed by atoms with Gasteiger partial charge in [-0.3, -0.25) is 9.59 Å².